The average Bonchev–Trinajstić information content (AvgIpc) is 2.78. The molecule has 1 N–H and O–H groups in total. The summed E-state index contributed by atoms with van der Waals surface area (Å²) in [6, 6.07) is 0. The molecule has 0 aromatic heterocycles. The Morgan fingerprint density at radius 2 is 1.64 bits per heavy atom. The van der Waals surface area contributed by atoms with E-state index in [9.17, 15) is 0 Å². The van der Waals surface area contributed by atoms with Gasteiger partial charge < -0.3 is 14.6 Å². The summed E-state index contributed by atoms with van der Waals surface area (Å²) in [6.07, 6.45) is 2.89. The summed E-state index contributed by atoms with van der Waals surface area (Å²) in [5, 5.41) is 8.97. The standard InChI is InChI=1S/C8H14O3/c9-3-6(1-7-4-10-7)2-8-5-11-8/h6-9H,1-5H2. The first-order valence-electron chi connectivity index (χ1n) is 4.22. The fraction of sp³-hybridized carbons (Fsp3) is 1.00. The molecule has 64 valence electrons. The van der Waals surface area contributed by atoms with E-state index in [2.05, 4.69) is 0 Å². The largest absolute Gasteiger partial charge is 0.396 e. The fourth-order valence-electron chi connectivity index (χ4n) is 1.40. The van der Waals surface area contributed by atoms with Crippen LogP contribution in [0.3, 0.4) is 0 Å². The summed E-state index contributed by atoms with van der Waals surface area (Å²) in [5.41, 5.74) is 0. The zero-order chi connectivity index (χ0) is 7.68. The third-order valence-corrected chi connectivity index (χ3v) is 2.26. The predicted octanol–water partition coefficient (Wildman–Crippen LogP) is 0.173. The molecule has 2 saturated heterocycles. The Kier molecular flexibility index (Phi) is 2.11. The first-order valence-corrected chi connectivity index (χ1v) is 4.22. The van der Waals surface area contributed by atoms with Gasteiger partial charge in [0.1, 0.15) is 0 Å². The number of hydrogen-bond acceptors (Lipinski definition) is 3. The molecule has 2 aliphatic rings. The minimum absolute atomic E-state index is 0.278. The van der Waals surface area contributed by atoms with Crippen LogP contribution in [0, 0.1) is 5.92 Å². The summed E-state index contributed by atoms with van der Waals surface area (Å²) in [4.78, 5) is 0. The smallest absolute Gasteiger partial charge is 0.0813 e. The molecule has 2 heterocycles. The van der Waals surface area contributed by atoms with Gasteiger partial charge in [0, 0.05) is 6.61 Å². The van der Waals surface area contributed by atoms with Crippen molar-refractivity contribution in [1.29, 1.82) is 0 Å². The molecule has 2 unspecified atom stereocenters. The number of hydrogen-bond donors (Lipinski definition) is 1. The third kappa shape index (κ3) is 2.43. The molecule has 2 atom stereocenters. The Labute approximate surface area is 66.3 Å². The third-order valence-electron chi connectivity index (χ3n) is 2.26. The summed E-state index contributed by atoms with van der Waals surface area (Å²) in [6.45, 7) is 2.06. The van der Waals surface area contributed by atoms with Crippen LogP contribution in [0.4, 0.5) is 0 Å². The number of ether oxygens (including phenoxy) is 2. The van der Waals surface area contributed by atoms with E-state index in [1.165, 1.54) is 0 Å². The van der Waals surface area contributed by atoms with E-state index in [-0.39, 0.29) is 6.61 Å². The molecule has 11 heavy (non-hydrogen) atoms. The van der Waals surface area contributed by atoms with Crippen LogP contribution >= 0.6 is 0 Å². The second-order valence-electron chi connectivity index (χ2n) is 3.43. The van der Waals surface area contributed by atoms with E-state index >= 15 is 0 Å². The summed E-state index contributed by atoms with van der Waals surface area (Å²) >= 11 is 0. The van der Waals surface area contributed by atoms with Gasteiger partial charge in [-0.1, -0.05) is 0 Å². The predicted molar refractivity (Wildman–Crippen MR) is 39.3 cm³/mol. The van der Waals surface area contributed by atoms with Crippen LogP contribution in [0.15, 0.2) is 0 Å². The zero-order valence-corrected chi connectivity index (χ0v) is 6.53. The van der Waals surface area contributed by atoms with Crippen molar-refractivity contribution in [2.24, 2.45) is 5.92 Å². The molecule has 0 spiro atoms. The number of aliphatic hydroxyl groups excluding tert-OH is 1. The maximum atomic E-state index is 8.97. The van der Waals surface area contributed by atoms with E-state index < -0.39 is 0 Å². The van der Waals surface area contributed by atoms with E-state index in [4.69, 9.17) is 14.6 Å². The summed E-state index contributed by atoms with van der Waals surface area (Å²) in [5.74, 6) is 0.398. The van der Waals surface area contributed by atoms with Crippen molar-refractivity contribution >= 4 is 0 Å². The fourth-order valence-corrected chi connectivity index (χ4v) is 1.40. The molecular formula is C8H14O3. The maximum Gasteiger partial charge on any atom is 0.0813 e. The lowest BCUT2D eigenvalue weighted by Gasteiger charge is -2.09. The van der Waals surface area contributed by atoms with Gasteiger partial charge in [-0.2, -0.15) is 0 Å². The second kappa shape index (κ2) is 3.09. The Balaban J connectivity index is 1.65. The molecule has 0 amide bonds. The van der Waals surface area contributed by atoms with Crippen LogP contribution in [0.5, 0.6) is 0 Å². The Morgan fingerprint density at radius 3 is 1.91 bits per heavy atom. The highest BCUT2D eigenvalue weighted by Gasteiger charge is 2.31. The molecule has 0 aromatic rings. The molecule has 0 bridgehead atoms. The van der Waals surface area contributed by atoms with E-state index in [0.717, 1.165) is 26.1 Å². The average molecular weight is 158 g/mol. The maximum absolute atomic E-state index is 8.97. The van der Waals surface area contributed by atoms with Crippen molar-refractivity contribution in [2.45, 2.75) is 25.0 Å². The molecule has 2 fully saturated rings. The van der Waals surface area contributed by atoms with Crippen molar-refractivity contribution in [3.05, 3.63) is 0 Å². The molecule has 2 rings (SSSR count). The zero-order valence-electron chi connectivity index (χ0n) is 6.53. The minimum atomic E-state index is 0.278. The monoisotopic (exact) mass is 158 g/mol. The minimum Gasteiger partial charge on any atom is -0.396 e. The normalized spacial score (nSPS) is 36.8. The number of aliphatic hydroxyl groups is 1. The molecule has 0 aromatic carbocycles. The van der Waals surface area contributed by atoms with Gasteiger partial charge in [-0.25, -0.2) is 0 Å². The Bertz CT molecular complexity index is 115. The highest BCUT2D eigenvalue weighted by Crippen LogP contribution is 2.26. The van der Waals surface area contributed by atoms with Crippen LogP contribution in [0.1, 0.15) is 12.8 Å². The second-order valence-corrected chi connectivity index (χ2v) is 3.43. The first kappa shape index (κ1) is 7.53. The topological polar surface area (TPSA) is 45.3 Å². The molecule has 0 radical (unpaired) electrons. The van der Waals surface area contributed by atoms with Crippen LogP contribution in [-0.2, 0) is 9.47 Å². The van der Waals surface area contributed by atoms with Crippen LogP contribution in [0.25, 0.3) is 0 Å². The van der Waals surface area contributed by atoms with Gasteiger partial charge in [0.2, 0.25) is 0 Å². The molecule has 0 saturated carbocycles. The highest BCUT2D eigenvalue weighted by molar-refractivity contribution is 4.79. The van der Waals surface area contributed by atoms with Gasteiger partial charge in [-0.3, -0.25) is 0 Å². The van der Waals surface area contributed by atoms with Gasteiger partial charge in [0.05, 0.1) is 25.4 Å². The quantitative estimate of drug-likeness (QED) is 0.580. The van der Waals surface area contributed by atoms with Crippen molar-refractivity contribution in [3.8, 4) is 0 Å². The van der Waals surface area contributed by atoms with E-state index in [0.29, 0.717) is 18.1 Å². The lowest BCUT2D eigenvalue weighted by atomic mass is 9.99. The summed E-state index contributed by atoms with van der Waals surface area (Å²) < 4.78 is 10.2. The Morgan fingerprint density at radius 1 is 1.18 bits per heavy atom. The van der Waals surface area contributed by atoms with Crippen molar-refractivity contribution < 1.29 is 14.6 Å². The number of epoxide rings is 2. The van der Waals surface area contributed by atoms with Gasteiger partial charge in [0.25, 0.3) is 0 Å². The lowest BCUT2D eigenvalue weighted by Crippen LogP contribution is -2.11. The van der Waals surface area contributed by atoms with E-state index in [1.54, 1.807) is 0 Å². The van der Waals surface area contributed by atoms with Crippen LogP contribution < -0.4 is 0 Å². The van der Waals surface area contributed by atoms with Gasteiger partial charge >= 0.3 is 0 Å². The Hall–Kier alpha value is -0.120. The summed E-state index contributed by atoms with van der Waals surface area (Å²) in [7, 11) is 0. The first-order chi connectivity index (χ1) is 5.38. The lowest BCUT2D eigenvalue weighted by molar-refractivity contribution is 0.188. The molecule has 3 nitrogen and oxygen atoms in total. The molecule has 2 aliphatic heterocycles. The molecular weight excluding hydrogens is 144 g/mol. The van der Waals surface area contributed by atoms with Crippen molar-refractivity contribution in [2.75, 3.05) is 19.8 Å². The highest BCUT2D eigenvalue weighted by atomic mass is 16.6. The van der Waals surface area contributed by atoms with Gasteiger partial charge in [-0.15, -0.1) is 0 Å². The molecule has 3 heteroatoms. The SMILES string of the molecule is OCC(CC1CO1)CC1CO1. The van der Waals surface area contributed by atoms with Crippen LogP contribution in [-0.4, -0.2) is 37.1 Å². The van der Waals surface area contributed by atoms with Crippen molar-refractivity contribution in [1.82, 2.24) is 0 Å². The van der Waals surface area contributed by atoms with Gasteiger partial charge in [-0.05, 0) is 18.8 Å². The van der Waals surface area contributed by atoms with Crippen LogP contribution in [0.2, 0.25) is 0 Å². The number of rotatable bonds is 5. The van der Waals surface area contributed by atoms with Gasteiger partial charge in [0.15, 0.2) is 0 Å². The van der Waals surface area contributed by atoms with E-state index in [1.807, 2.05) is 0 Å². The van der Waals surface area contributed by atoms with Crippen molar-refractivity contribution in [3.63, 3.8) is 0 Å². The molecule has 0 aliphatic carbocycles.